The van der Waals surface area contributed by atoms with Crippen molar-refractivity contribution in [3.8, 4) is 5.75 Å². The van der Waals surface area contributed by atoms with Crippen molar-refractivity contribution in [2.75, 3.05) is 20.2 Å². The van der Waals surface area contributed by atoms with Crippen molar-refractivity contribution in [1.29, 1.82) is 0 Å². The van der Waals surface area contributed by atoms with Gasteiger partial charge in [-0.15, -0.1) is 0 Å². The number of aromatic amines is 1. The number of nitrogens with one attached hydrogen (secondary N) is 1. The summed E-state index contributed by atoms with van der Waals surface area (Å²) in [4.78, 5) is 32.8. The number of benzene rings is 1. The van der Waals surface area contributed by atoms with E-state index in [0.717, 1.165) is 42.5 Å². The van der Waals surface area contributed by atoms with Crippen LogP contribution < -0.4 is 4.74 Å². The van der Waals surface area contributed by atoms with E-state index in [1.807, 2.05) is 28.0 Å². The van der Waals surface area contributed by atoms with Crippen LogP contribution in [0.25, 0.3) is 10.9 Å². The smallest absolute Gasteiger partial charge is 0.227 e. The molecule has 1 aromatic carbocycles. The van der Waals surface area contributed by atoms with Crippen LogP contribution in [0.3, 0.4) is 0 Å². The van der Waals surface area contributed by atoms with Gasteiger partial charge in [0.05, 0.1) is 13.0 Å². The number of aromatic nitrogens is 1. The second-order valence-corrected chi connectivity index (χ2v) is 8.02. The van der Waals surface area contributed by atoms with E-state index in [1.54, 1.807) is 7.11 Å². The van der Waals surface area contributed by atoms with Crippen LogP contribution in [0.4, 0.5) is 0 Å². The minimum atomic E-state index is -0.0513. The average Bonchev–Trinajstić information content (AvgIpc) is 3.48. The largest absolute Gasteiger partial charge is 0.497 e. The van der Waals surface area contributed by atoms with E-state index in [0.29, 0.717) is 32.0 Å². The number of methoxy groups -OCH3 is 1. The first-order chi connectivity index (χ1) is 13.1. The minimum absolute atomic E-state index is 0.0513. The molecule has 6 heteroatoms. The molecule has 0 radical (unpaired) electrons. The minimum Gasteiger partial charge on any atom is -0.497 e. The van der Waals surface area contributed by atoms with Gasteiger partial charge in [-0.25, -0.2) is 0 Å². The third-order valence-electron chi connectivity index (χ3n) is 6.28. The van der Waals surface area contributed by atoms with Crippen molar-refractivity contribution < 1.29 is 14.3 Å². The lowest BCUT2D eigenvalue weighted by Crippen LogP contribution is -2.48. The Bertz CT molecular complexity index is 915. The zero-order valence-corrected chi connectivity index (χ0v) is 15.7. The van der Waals surface area contributed by atoms with Gasteiger partial charge in [-0.05, 0) is 37.5 Å². The van der Waals surface area contributed by atoms with Crippen molar-refractivity contribution in [2.45, 2.75) is 44.7 Å². The van der Waals surface area contributed by atoms with Gasteiger partial charge in [-0.2, -0.15) is 0 Å². The maximum Gasteiger partial charge on any atom is 0.227 e. The van der Waals surface area contributed by atoms with Crippen LogP contribution in [0.2, 0.25) is 0 Å². The molecule has 2 fully saturated rings. The lowest BCUT2D eigenvalue weighted by Gasteiger charge is -2.36. The first-order valence-electron chi connectivity index (χ1n) is 9.90. The molecule has 0 bridgehead atoms. The summed E-state index contributed by atoms with van der Waals surface area (Å²) in [6.07, 6.45) is 4.23. The average molecular weight is 367 g/mol. The quantitative estimate of drug-likeness (QED) is 0.906. The molecule has 142 valence electrons. The van der Waals surface area contributed by atoms with E-state index < -0.39 is 0 Å². The summed E-state index contributed by atoms with van der Waals surface area (Å²) in [7, 11) is 1.67. The van der Waals surface area contributed by atoms with Crippen molar-refractivity contribution >= 4 is 22.7 Å². The predicted molar refractivity (Wildman–Crippen MR) is 101 cm³/mol. The molecule has 6 nitrogen and oxygen atoms in total. The van der Waals surface area contributed by atoms with Crippen LogP contribution >= 0.6 is 0 Å². The number of carbonyl (C=O) groups is 2. The second kappa shape index (κ2) is 6.29. The molecule has 1 N–H and O–H groups in total. The Hall–Kier alpha value is -2.50. The number of fused-ring (bicyclic) bond motifs is 3. The molecule has 2 amide bonds. The summed E-state index contributed by atoms with van der Waals surface area (Å²) in [5, 5.41) is 1.14. The number of piperidine rings is 1. The molecule has 2 aliphatic heterocycles. The zero-order valence-electron chi connectivity index (χ0n) is 15.7. The van der Waals surface area contributed by atoms with Crippen LogP contribution in [0, 0.1) is 5.92 Å². The Morgan fingerprint density at radius 2 is 2.07 bits per heavy atom. The number of amides is 2. The molecular weight excluding hydrogens is 342 g/mol. The number of hydrogen-bond donors (Lipinski definition) is 1. The number of rotatable bonds is 3. The lowest BCUT2D eigenvalue weighted by atomic mass is 9.94. The normalized spacial score (nSPS) is 22.9. The van der Waals surface area contributed by atoms with Crippen LogP contribution in [-0.2, 0) is 22.6 Å². The van der Waals surface area contributed by atoms with Gasteiger partial charge in [0.25, 0.3) is 0 Å². The van der Waals surface area contributed by atoms with E-state index in [4.69, 9.17) is 4.74 Å². The predicted octanol–water partition coefficient (Wildman–Crippen LogP) is 2.46. The molecule has 2 aromatic rings. The molecule has 3 aliphatic rings. The summed E-state index contributed by atoms with van der Waals surface area (Å²) in [5.41, 5.74) is 3.52. The highest BCUT2D eigenvalue weighted by molar-refractivity contribution is 5.88. The van der Waals surface area contributed by atoms with E-state index >= 15 is 0 Å². The van der Waals surface area contributed by atoms with Gasteiger partial charge in [0, 0.05) is 60.7 Å². The fourth-order valence-electron chi connectivity index (χ4n) is 4.58. The molecule has 0 spiro atoms. The van der Waals surface area contributed by atoms with Crippen molar-refractivity contribution in [2.24, 2.45) is 5.92 Å². The van der Waals surface area contributed by atoms with E-state index in [-0.39, 0.29) is 17.7 Å². The maximum atomic E-state index is 13.2. The standard InChI is InChI=1S/C21H25N3O3/c1-27-15-5-6-18-16(10-15)17-12-23(9-8-19(17)22-18)21(26)13-2-7-20(25)24(11-13)14-3-4-14/h5-6,10,13-14,22H,2-4,7-9,11-12H2,1H3/t13-/m1/s1. The summed E-state index contributed by atoms with van der Waals surface area (Å²) >= 11 is 0. The van der Waals surface area contributed by atoms with Crippen LogP contribution in [0.15, 0.2) is 18.2 Å². The third kappa shape index (κ3) is 2.87. The van der Waals surface area contributed by atoms with Crippen molar-refractivity contribution in [1.82, 2.24) is 14.8 Å². The number of hydrogen-bond acceptors (Lipinski definition) is 3. The van der Waals surface area contributed by atoms with Crippen molar-refractivity contribution in [3.05, 3.63) is 29.5 Å². The van der Waals surface area contributed by atoms with E-state index in [1.165, 1.54) is 11.3 Å². The summed E-state index contributed by atoms with van der Waals surface area (Å²) in [5.74, 6) is 1.21. The third-order valence-corrected chi connectivity index (χ3v) is 6.28. The monoisotopic (exact) mass is 367 g/mol. The fraction of sp³-hybridized carbons (Fsp3) is 0.524. The maximum absolute atomic E-state index is 13.2. The van der Waals surface area contributed by atoms with Gasteiger partial charge >= 0.3 is 0 Å². The first kappa shape index (κ1) is 16.7. The summed E-state index contributed by atoms with van der Waals surface area (Å²) < 4.78 is 5.37. The zero-order chi connectivity index (χ0) is 18.5. The highest BCUT2D eigenvalue weighted by Crippen LogP contribution is 2.34. The molecule has 0 unspecified atom stereocenters. The molecule has 1 aromatic heterocycles. The van der Waals surface area contributed by atoms with Gasteiger partial charge in [-0.1, -0.05) is 0 Å². The Labute approximate surface area is 158 Å². The van der Waals surface area contributed by atoms with E-state index in [2.05, 4.69) is 4.98 Å². The van der Waals surface area contributed by atoms with Gasteiger partial charge in [0.15, 0.2) is 0 Å². The number of ether oxygens (including phenoxy) is 1. The number of nitrogens with zero attached hydrogens (tertiary/aromatic N) is 2. The second-order valence-electron chi connectivity index (χ2n) is 8.02. The van der Waals surface area contributed by atoms with E-state index in [9.17, 15) is 9.59 Å². The number of likely N-dealkylation sites (tertiary alicyclic amines) is 1. The van der Waals surface area contributed by atoms with Gasteiger partial charge < -0.3 is 19.5 Å². The van der Waals surface area contributed by atoms with Gasteiger partial charge in [-0.3, -0.25) is 9.59 Å². The Kier molecular flexibility index (Phi) is 3.88. The summed E-state index contributed by atoms with van der Waals surface area (Å²) in [6, 6.07) is 6.44. The topological polar surface area (TPSA) is 65.6 Å². The Balaban J connectivity index is 1.37. The number of carbonyl (C=O) groups excluding carboxylic acids is 2. The van der Waals surface area contributed by atoms with Gasteiger partial charge in [0.1, 0.15) is 5.75 Å². The first-order valence-corrected chi connectivity index (χ1v) is 9.90. The Morgan fingerprint density at radius 1 is 1.22 bits per heavy atom. The fourth-order valence-corrected chi connectivity index (χ4v) is 4.58. The SMILES string of the molecule is COc1ccc2[nH]c3c(c2c1)CN(C(=O)[C@@H]1CCC(=O)N(C2CC2)C1)CC3. The highest BCUT2D eigenvalue weighted by atomic mass is 16.5. The molecule has 1 saturated carbocycles. The number of H-pyrrole nitrogens is 1. The molecule has 5 rings (SSSR count). The molecule has 27 heavy (non-hydrogen) atoms. The highest BCUT2D eigenvalue weighted by Gasteiger charge is 2.40. The van der Waals surface area contributed by atoms with Crippen LogP contribution in [-0.4, -0.2) is 52.8 Å². The summed E-state index contributed by atoms with van der Waals surface area (Å²) in [6.45, 7) is 1.98. The molecule has 1 aliphatic carbocycles. The lowest BCUT2D eigenvalue weighted by molar-refractivity contribution is -0.144. The van der Waals surface area contributed by atoms with Crippen molar-refractivity contribution in [3.63, 3.8) is 0 Å². The van der Waals surface area contributed by atoms with Gasteiger partial charge in [0.2, 0.25) is 11.8 Å². The molecular formula is C21H25N3O3. The molecule has 3 heterocycles. The van der Waals surface area contributed by atoms with Crippen LogP contribution in [0.5, 0.6) is 5.75 Å². The molecule has 1 saturated heterocycles. The Morgan fingerprint density at radius 3 is 2.85 bits per heavy atom. The van der Waals surface area contributed by atoms with Crippen LogP contribution in [0.1, 0.15) is 36.9 Å². The molecule has 1 atom stereocenters.